The first kappa shape index (κ1) is 99.9. The van der Waals surface area contributed by atoms with Gasteiger partial charge in [0.15, 0.2) is 0 Å². The molecule has 736 valence electrons. The number of unbranched alkanes of at least 4 members (excludes halogenated alkanes) is 8. The molecule has 16 aromatic carbocycles. The number of aromatic nitrogens is 8. The van der Waals surface area contributed by atoms with Crippen LogP contribution in [0.25, 0.3) is 134 Å². The van der Waals surface area contributed by atoms with E-state index in [0.717, 1.165) is 282 Å². The number of hydrogen-bond acceptors (Lipinski definition) is 8. The lowest BCUT2D eigenvalue weighted by Crippen LogP contribution is -2.02. The van der Waals surface area contributed by atoms with Crippen LogP contribution in [0.1, 0.15) is 158 Å². The summed E-state index contributed by atoms with van der Waals surface area (Å²) in [5, 5.41) is 0. The molecule has 0 fully saturated rings. The SMILES string of the molecule is CCCCOc1ccc(-n2c3ccc(cc3)n(-c3ccc(OCCCC)cc3)c3ccc(cc3)n(-c3ccc(OCCCC)cc3)c3cccc(c3)n(-c3ccc(OCCCC)cc3)c3ccc(cc3)n(-c3ccc(OCCCC)cc3)c3ccc(cc3)n(-c3ccc(OCCCC)cc3)c3ccc(cc3)n(-c3ccc(OCCCC)cc3)c3cccc(c3)n(-c3ccc(OCCCC)cc3)c3ccc2cc3)cc1. The summed E-state index contributed by atoms with van der Waals surface area (Å²) < 4.78 is 69.6. The molecule has 0 spiro atoms. The van der Waals surface area contributed by atoms with Gasteiger partial charge in [-0.1, -0.05) is 119 Å². The van der Waals surface area contributed by atoms with Crippen LogP contribution in [-0.4, -0.2) is 89.4 Å². The maximum Gasteiger partial charge on any atom is 0.119 e. The molecule has 0 aliphatic heterocycles. The normalized spacial score (nSPS) is 11.2. The Bertz CT molecular complexity index is 6570. The summed E-state index contributed by atoms with van der Waals surface area (Å²) in [6.07, 6.45) is 16.0. The zero-order valence-corrected chi connectivity index (χ0v) is 84.8. The van der Waals surface area contributed by atoms with Gasteiger partial charge in [-0.25, -0.2) is 0 Å². The van der Waals surface area contributed by atoms with Crippen molar-refractivity contribution in [3.63, 3.8) is 0 Å². The minimum atomic E-state index is 0.637. The Hall–Kier alpha value is -15.7. The second-order valence-electron chi connectivity index (χ2n) is 36.4. The molecule has 16 heteroatoms. The molecule has 0 N–H and O–H groups in total. The number of rotatable bonds is 40. The third-order valence-corrected chi connectivity index (χ3v) is 25.8. The second-order valence-corrected chi connectivity index (χ2v) is 36.4. The summed E-state index contributed by atoms with van der Waals surface area (Å²) >= 11 is 0. The molecule has 0 saturated carbocycles. The minimum Gasteiger partial charge on any atom is -0.494 e. The second kappa shape index (κ2) is 50.6. The van der Waals surface area contributed by atoms with Crippen LogP contribution in [0.2, 0.25) is 0 Å². The highest BCUT2D eigenvalue weighted by Crippen LogP contribution is 2.35. The quantitative estimate of drug-likeness (QED) is 0.0349. The number of benzene rings is 16. The van der Waals surface area contributed by atoms with Gasteiger partial charge in [0.05, 0.1) is 52.9 Å². The van der Waals surface area contributed by atoms with Gasteiger partial charge in [0, 0.05) is 134 Å². The molecule has 0 saturated heterocycles. The van der Waals surface area contributed by atoms with E-state index in [0.29, 0.717) is 52.9 Å². The average molecular weight is 1910 g/mol. The van der Waals surface area contributed by atoms with Crippen molar-refractivity contribution >= 4 is 88.3 Å². The van der Waals surface area contributed by atoms with Gasteiger partial charge in [-0.2, -0.15) is 0 Å². The smallest absolute Gasteiger partial charge is 0.119 e. The van der Waals surface area contributed by atoms with E-state index in [9.17, 15) is 0 Å². The summed E-state index contributed by atoms with van der Waals surface area (Å²) in [7, 11) is 0. The van der Waals surface area contributed by atoms with Crippen molar-refractivity contribution in [2.45, 2.75) is 158 Å². The lowest BCUT2D eigenvalue weighted by Gasteiger charge is -2.17. The van der Waals surface area contributed by atoms with Crippen molar-refractivity contribution in [2.24, 2.45) is 0 Å². The van der Waals surface area contributed by atoms with E-state index in [-0.39, 0.29) is 0 Å². The van der Waals surface area contributed by atoms with Crippen molar-refractivity contribution in [3.05, 3.63) is 388 Å². The molecule has 0 unspecified atom stereocenters. The predicted molar refractivity (Wildman–Crippen MR) is 599 cm³/mol. The van der Waals surface area contributed by atoms with E-state index in [1.807, 2.05) is 0 Å². The van der Waals surface area contributed by atoms with Crippen LogP contribution in [0.4, 0.5) is 0 Å². The Morgan fingerprint density at radius 2 is 0.229 bits per heavy atom. The van der Waals surface area contributed by atoms with Gasteiger partial charge in [0.1, 0.15) is 46.0 Å². The highest BCUT2D eigenvalue weighted by atomic mass is 16.5. The highest BCUT2D eigenvalue weighted by molar-refractivity contribution is 5.80. The van der Waals surface area contributed by atoms with Crippen LogP contribution >= 0.6 is 0 Å². The first-order valence-corrected chi connectivity index (χ1v) is 52.1. The Labute approximate surface area is 848 Å². The number of hydrogen-bond donors (Lipinski definition) is 0. The van der Waals surface area contributed by atoms with Crippen LogP contribution < -0.4 is 37.9 Å². The molecule has 16 bridgehead atoms. The molecule has 0 amide bonds. The van der Waals surface area contributed by atoms with Crippen LogP contribution in [0.3, 0.4) is 0 Å². The molecule has 26 aromatic rings. The van der Waals surface area contributed by atoms with Crippen molar-refractivity contribution in [3.8, 4) is 91.5 Å². The summed E-state index contributed by atoms with van der Waals surface area (Å²) in [6, 6.07) is 140. The average Bonchev–Trinajstić information content (AvgIpc) is 0.774. The first-order valence-electron chi connectivity index (χ1n) is 52.1. The molecule has 0 atom stereocenters. The summed E-state index contributed by atoms with van der Waals surface area (Å²) in [6.45, 7) is 22.6. The van der Waals surface area contributed by atoms with Crippen molar-refractivity contribution in [1.82, 2.24) is 36.5 Å². The predicted octanol–water partition coefficient (Wildman–Crippen LogP) is 34.0. The standard InChI is InChI=1S/C128H136N8O8/c1-9-17-87-137-121-71-55-109(56-72-121)129-97-31-33-98(34-32-97)130(110-57-73-122(74-58-110)138-88-18-10-2)102-41-49-106(50-42-102)135(115-67-83-127(84-68-115)143-93-23-15-7)119-29-26-30-120(96-119)136(116-69-85-128(86-70-116)144-94-24-16-8)108-53-45-104(46-54-108)132(112-61-77-124(78-62-112)140-90-20-12-4)100-37-35-99(36-38-100)131(111-59-75-123(76-60-111)139-89-19-11-3)103-43-51-107(52-44-103)134(114-65-81-126(82-66-114)142-92-22-14-6)118-28-25-27-117(95-118)133(105-47-39-101(129)40-48-105)113-63-79-125(80-64-113)141-91-21-13-5/h25-86,95-96H,9-24,87-94H2,1-8H3. The zero-order valence-electron chi connectivity index (χ0n) is 84.8. The van der Waals surface area contributed by atoms with Crippen molar-refractivity contribution in [2.75, 3.05) is 52.9 Å². The largest absolute Gasteiger partial charge is 0.494 e. The molecular weight excluding hydrogens is 1780 g/mol. The van der Waals surface area contributed by atoms with Gasteiger partial charge in [0.2, 0.25) is 0 Å². The Morgan fingerprint density at radius 1 is 0.125 bits per heavy atom. The van der Waals surface area contributed by atoms with Crippen LogP contribution in [0.5, 0.6) is 46.0 Å². The Morgan fingerprint density at radius 3 is 0.333 bits per heavy atom. The lowest BCUT2D eigenvalue weighted by atomic mass is 10.2. The van der Waals surface area contributed by atoms with E-state index in [2.05, 4.69) is 480 Å². The summed E-state index contributed by atoms with van der Waals surface area (Å²) in [5.74, 6) is 6.57. The van der Waals surface area contributed by atoms with Crippen molar-refractivity contribution < 1.29 is 37.9 Å². The molecule has 26 rings (SSSR count). The third kappa shape index (κ3) is 25.2. The monoisotopic (exact) mass is 1910 g/mol. The summed E-state index contributed by atoms with van der Waals surface area (Å²) in [4.78, 5) is 0. The summed E-state index contributed by atoms with van der Waals surface area (Å²) in [5.41, 5.74) is 23.0. The topological polar surface area (TPSA) is 113 Å². The van der Waals surface area contributed by atoms with Gasteiger partial charge in [0.25, 0.3) is 0 Å². The van der Waals surface area contributed by atoms with E-state index in [1.54, 1.807) is 0 Å². The highest BCUT2D eigenvalue weighted by Gasteiger charge is 2.16. The first-order chi connectivity index (χ1) is 71.1. The molecular formula is C128H136N8O8. The van der Waals surface area contributed by atoms with Gasteiger partial charge in [-0.15, -0.1) is 0 Å². The zero-order chi connectivity index (χ0) is 99.0. The number of nitrogens with zero attached hydrogens (tertiary/aromatic N) is 8. The lowest BCUT2D eigenvalue weighted by molar-refractivity contribution is 0.309. The molecule has 0 aliphatic carbocycles. The third-order valence-electron chi connectivity index (χ3n) is 25.8. The fourth-order valence-electron chi connectivity index (χ4n) is 17.8. The van der Waals surface area contributed by atoms with Gasteiger partial charge in [-0.3, -0.25) is 0 Å². The van der Waals surface area contributed by atoms with Crippen LogP contribution in [0.15, 0.2) is 388 Å². The van der Waals surface area contributed by atoms with Gasteiger partial charge in [-0.05, 0) is 427 Å². The molecule has 144 heavy (non-hydrogen) atoms. The van der Waals surface area contributed by atoms with E-state index in [1.165, 1.54) is 0 Å². The number of ether oxygens (including phenoxy) is 8. The molecule has 16 nitrogen and oxygen atoms in total. The maximum atomic E-state index is 6.38. The van der Waals surface area contributed by atoms with Gasteiger partial charge < -0.3 is 74.4 Å². The maximum absolute atomic E-state index is 6.38. The Kier molecular flexibility index (Phi) is 35.1. The molecule has 10 aromatic heterocycles. The van der Waals surface area contributed by atoms with Crippen LogP contribution in [0, 0.1) is 0 Å². The fourth-order valence-corrected chi connectivity index (χ4v) is 17.8. The van der Waals surface area contributed by atoms with Crippen LogP contribution in [-0.2, 0) is 0 Å². The minimum absolute atomic E-state index is 0.637. The molecule has 0 radical (unpaired) electrons. The van der Waals surface area contributed by atoms with E-state index in [4.69, 9.17) is 37.9 Å². The Balaban J connectivity index is 0.972. The van der Waals surface area contributed by atoms with Crippen molar-refractivity contribution in [1.29, 1.82) is 0 Å². The van der Waals surface area contributed by atoms with E-state index >= 15 is 0 Å². The van der Waals surface area contributed by atoms with E-state index < -0.39 is 0 Å². The molecule has 0 aliphatic rings. The fraction of sp³-hybridized carbons (Fsp3) is 0.250. The van der Waals surface area contributed by atoms with Gasteiger partial charge >= 0.3 is 0 Å². The molecule has 10 heterocycles.